The van der Waals surface area contributed by atoms with Crippen LogP contribution in [0.3, 0.4) is 0 Å². The van der Waals surface area contributed by atoms with Gasteiger partial charge in [-0.25, -0.2) is 4.98 Å². The van der Waals surface area contributed by atoms with Crippen LogP contribution in [0.1, 0.15) is 46.1 Å². The zero-order valence-electron chi connectivity index (χ0n) is 18.5. The number of thiophene rings is 1. The normalized spacial score (nSPS) is 12.0. The topological polar surface area (TPSA) is 56.0 Å². The van der Waals surface area contributed by atoms with Crippen molar-refractivity contribution in [1.82, 2.24) is 4.98 Å². The van der Waals surface area contributed by atoms with Crippen molar-refractivity contribution in [3.8, 4) is 11.3 Å². The summed E-state index contributed by atoms with van der Waals surface area (Å²) in [5.41, 5.74) is 9.67. The van der Waals surface area contributed by atoms with Gasteiger partial charge < -0.3 is 5.73 Å². The van der Waals surface area contributed by atoms with Crippen LogP contribution in [0.25, 0.3) is 27.6 Å². The molecule has 0 saturated heterocycles. The highest BCUT2D eigenvalue weighted by atomic mass is 32.1. The lowest BCUT2D eigenvalue weighted by Gasteiger charge is -2.07. The molecule has 0 fully saturated rings. The highest BCUT2D eigenvalue weighted by Gasteiger charge is 2.29. The lowest BCUT2D eigenvalue weighted by atomic mass is 10.0. The molecule has 2 heterocycles. The number of aryl methyl sites for hydroxylation is 1. The highest BCUT2D eigenvalue weighted by Crippen LogP contribution is 2.35. The smallest absolute Gasteiger partial charge is 0.397 e. The zero-order chi connectivity index (χ0) is 24.3. The molecule has 7 heteroatoms. The van der Waals surface area contributed by atoms with Crippen LogP contribution in [-0.4, -0.2) is 10.8 Å². The van der Waals surface area contributed by atoms with E-state index < -0.39 is 11.7 Å². The highest BCUT2D eigenvalue weighted by molar-refractivity contribution is 7.21. The molecule has 0 aliphatic carbocycles. The number of pyridine rings is 1. The molecule has 0 amide bonds. The van der Waals surface area contributed by atoms with Gasteiger partial charge in [-0.3, -0.25) is 4.79 Å². The summed E-state index contributed by atoms with van der Waals surface area (Å²) < 4.78 is 38.1. The summed E-state index contributed by atoms with van der Waals surface area (Å²) in [7, 11) is 0. The van der Waals surface area contributed by atoms with Gasteiger partial charge in [0, 0.05) is 17.4 Å². The summed E-state index contributed by atoms with van der Waals surface area (Å²) in [4.78, 5) is 18.7. The standard InChI is InChI=1S/C27H23F3N2OS/c1-2-4-17-7-11-19(12-8-17)22-16-15-21-24(31)25(34-26(21)32-22)23(33)6-3-5-18-9-13-20(14-10-18)27(28,29)30/h2,4,7-16H,3,5-6,31H2,1H3. The number of hydrogen-bond acceptors (Lipinski definition) is 4. The molecule has 4 rings (SSSR count). The van der Waals surface area contributed by atoms with Crippen molar-refractivity contribution in [2.45, 2.75) is 32.4 Å². The van der Waals surface area contributed by atoms with Crippen LogP contribution >= 0.6 is 11.3 Å². The largest absolute Gasteiger partial charge is 0.416 e. The van der Waals surface area contributed by atoms with E-state index in [-0.39, 0.29) is 12.2 Å². The maximum atomic E-state index is 12.8. The number of hydrogen-bond donors (Lipinski definition) is 1. The number of allylic oxidation sites excluding steroid dienone is 1. The lowest BCUT2D eigenvalue weighted by Crippen LogP contribution is -2.04. The molecule has 0 aliphatic rings. The van der Waals surface area contributed by atoms with Gasteiger partial charge in [0.2, 0.25) is 0 Å². The van der Waals surface area contributed by atoms with Gasteiger partial charge in [-0.1, -0.05) is 48.6 Å². The van der Waals surface area contributed by atoms with Gasteiger partial charge in [-0.2, -0.15) is 13.2 Å². The van der Waals surface area contributed by atoms with E-state index in [4.69, 9.17) is 10.7 Å². The molecule has 34 heavy (non-hydrogen) atoms. The van der Waals surface area contributed by atoms with Crippen LogP contribution < -0.4 is 5.73 Å². The van der Waals surface area contributed by atoms with Gasteiger partial charge in [0.25, 0.3) is 0 Å². The number of anilines is 1. The molecule has 0 radical (unpaired) electrons. The molecule has 0 atom stereocenters. The van der Waals surface area contributed by atoms with Gasteiger partial charge in [0.1, 0.15) is 4.83 Å². The van der Waals surface area contributed by atoms with E-state index in [2.05, 4.69) is 0 Å². The number of nitrogens with zero attached hydrogens (tertiary/aromatic N) is 1. The number of alkyl halides is 3. The van der Waals surface area contributed by atoms with Crippen LogP contribution in [0.4, 0.5) is 18.9 Å². The maximum absolute atomic E-state index is 12.8. The molecule has 2 N–H and O–H groups in total. The average molecular weight is 481 g/mol. The Hall–Kier alpha value is -3.45. The second kappa shape index (κ2) is 9.81. The Labute approximate surface area is 199 Å². The zero-order valence-corrected chi connectivity index (χ0v) is 19.3. The van der Waals surface area contributed by atoms with Crippen molar-refractivity contribution in [2.24, 2.45) is 0 Å². The number of aromatic nitrogens is 1. The fourth-order valence-corrected chi connectivity index (χ4v) is 4.81. The Balaban J connectivity index is 1.45. The molecule has 0 bridgehead atoms. The maximum Gasteiger partial charge on any atom is 0.416 e. The minimum atomic E-state index is -4.35. The van der Waals surface area contributed by atoms with Gasteiger partial charge in [0.05, 0.1) is 21.8 Å². The number of Topliss-reactive ketones (excluding diaryl/α,β-unsaturated/α-hetero) is 1. The minimum absolute atomic E-state index is 0.0790. The molecular formula is C27H23F3N2OS. The number of fused-ring (bicyclic) bond motifs is 1. The first-order valence-electron chi connectivity index (χ1n) is 10.9. The van der Waals surface area contributed by atoms with Gasteiger partial charge in [-0.15, -0.1) is 11.3 Å². The fourth-order valence-electron chi connectivity index (χ4n) is 3.75. The van der Waals surface area contributed by atoms with Crippen LogP contribution in [0.15, 0.2) is 66.7 Å². The molecular weight excluding hydrogens is 457 g/mol. The number of benzene rings is 2. The first-order chi connectivity index (χ1) is 16.3. The van der Waals surface area contributed by atoms with E-state index in [1.165, 1.54) is 23.5 Å². The van der Waals surface area contributed by atoms with E-state index in [9.17, 15) is 18.0 Å². The Morgan fingerprint density at radius 2 is 1.74 bits per heavy atom. The SMILES string of the molecule is CC=Cc1ccc(-c2ccc3c(N)c(C(=O)CCCc4ccc(C(F)(F)F)cc4)sc3n2)cc1. The third-order valence-corrected chi connectivity index (χ3v) is 6.72. The van der Waals surface area contributed by atoms with E-state index >= 15 is 0 Å². The summed E-state index contributed by atoms with van der Waals surface area (Å²) in [6, 6.07) is 16.9. The predicted molar refractivity (Wildman–Crippen MR) is 133 cm³/mol. The van der Waals surface area contributed by atoms with Crippen LogP contribution in [-0.2, 0) is 12.6 Å². The summed E-state index contributed by atoms with van der Waals surface area (Å²) in [6.07, 6.45) is 0.954. The monoisotopic (exact) mass is 480 g/mol. The quantitative estimate of drug-likeness (QED) is 0.275. The van der Waals surface area contributed by atoms with E-state index in [1.54, 1.807) is 0 Å². The molecule has 2 aromatic heterocycles. The lowest BCUT2D eigenvalue weighted by molar-refractivity contribution is -0.137. The van der Waals surface area contributed by atoms with Crippen molar-refractivity contribution in [2.75, 3.05) is 5.73 Å². The minimum Gasteiger partial charge on any atom is -0.397 e. The van der Waals surface area contributed by atoms with Gasteiger partial charge in [0.15, 0.2) is 5.78 Å². The fraction of sp³-hybridized carbons (Fsp3) is 0.185. The third-order valence-electron chi connectivity index (χ3n) is 5.56. The first kappa shape index (κ1) is 23.7. The van der Waals surface area contributed by atoms with Crippen molar-refractivity contribution in [1.29, 1.82) is 0 Å². The van der Waals surface area contributed by atoms with Crippen LogP contribution in [0, 0.1) is 0 Å². The van der Waals surface area contributed by atoms with E-state index in [0.717, 1.165) is 39.9 Å². The molecule has 174 valence electrons. The number of carbonyl (C=O) groups is 1. The number of rotatable bonds is 7. The summed E-state index contributed by atoms with van der Waals surface area (Å²) in [5.74, 6) is -0.0790. The molecule has 4 aromatic rings. The molecule has 0 aliphatic heterocycles. The Morgan fingerprint density at radius 1 is 1.03 bits per heavy atom. The number of halogens is 3. The van der Waals surface area contributed by atoms with E-state index in [0.29, 0.717) is 28.2 Å². The Bertz CT molecular complexity index is 1340. The first-order valence-corrected chi connectivity index (χ1v) is 11.7. The number of ketones is 1. The van der Waals surface area contributed by atoms with E-state index in [1.807, 2.05) is 55.5 Å². The van der Waals surface area contributed by atoms with Crippen molar-refractivity contribution in [3.63, 3.8) is 0 Å². The van der Waals surface area contributed by atoms with Gasteiger partial charge in [-0.05, 0) is 55.2 Å². The average Bonchev–Trinajstić information content (AvgIpc) is 3.15. The predicted octanol–water partition coefficient (Wildman–Crippen LogP) is 7.80. The summed E-state index contributed by atoms with van der Waals surface area (Å²) >= 11 is 1.28. The van der Waals surface area contributed by atoms with Crippen molar-refractivity contribution >= 4 is 39.1 Å². The van der Waals surface area contributed by atoms with Crippen LogP contribution in [0.2, 0.25) is 0 Å². The number of nitrogen functional groups attached to an aromatic ring is 1. The summed E-state index contributed by atoms with van der Waals surface area (Å²) in [5, 5.41) is 0.755. The molecule has 3 nitrogen and oxygen atoms in total. The number of carbonyl (C=O) groups excluding carboxylic acids is 1. The van der Waals surface area contributed by atoms with Crippen molar-refractivity contribution < 1.29 is 18.0 Å². The molecule has 2 aromatic carbocycles. The second-order valence-electron chi connectivity index (χ2n) is 7.99. The molecule has 0 spiro atoms. The molecule has 0 unspecified atom stereocenters. The Kier molecular flexibility index (Phi) is 6.84. The van der Waals surface area contributed by atoms with Crippen molar-refractivity contribution in [3.05, 3.63) is 88.3 Å². The van der Waals surface area contributed by atoms with Crippen LogP contribution in [0.5, 0.6) is 0 Å². The van der Waals surface area contributed by atoms with Gasteiger partial charge >= 0.3 is 6.18 Å². The summed E-state index contributed by atoms with van der Waals surface area (Å²) in [6.45, 7) is 1.97. The number of nitrogens with two attached hydrogens (primary N) is 1. The third kappa shape index (κ3) is 5.20. The Morgan fingerprint density at radius 3 is 2.38 bits per heavy atom. The second-order valence-corrected chi connectivity index (χ2v) is 8.99. The molecule has 0 saturated carbocycles.